The van der Waals surface area contributed by atoms with Crippen LogP contribution in [0.3, 0.4) is 0 Å². The average Bonchev–Trinajstić information content (AvgIpc) is 2.49. The van der Waals surface area contributed by atoms with Gasteiger partial charge in [-0.1, -0.05) is 0 Å². The number of hydrogen-bond donors (Lipinski definition) is 2. The van der Waals surface area contributed by atoms with Gasteiger partial charge in [-0.2, -0.15) is 0 Å². The molecular formula is C14H22N4O3. The van der Waals surface area contributed by atoms with E-state index in [1.54, 1.807) is 4.90 Å². The van der Waals surface area contributed by atoms with Gasteiger partial charge in [0.1, 0.15) is 5.82 Å². The zero-order valence-corrected chi connectivity index (χ0v) is 12.7. The number of rotatable bonds is 7. The van der Waals surface area contributed by atoms with E-state index in [4.69, 9.17) is 5.73 Å². The van der Waals surface area contributed by atoms with Crippen LogP contribution in [0.15, 0.2) is 12.3 Å². The van der Waals surface area contributed by atoms with Gasteiger partial charge in [-0.3, -0.25) is 4.79 Å². The number of nitrogens with one attached hydrogen (secondary N) is 1. The molecule has 3 N–H and O–H groups in total. The summed E-state index contributed by atoms with van der Waals surface area (Å²) in [4.78, 5) is 29.2. The number of aromatic nitrogens is 1. The molecule has 0 atom stereocenters. The summed E-state index contributed by atoms with van der Waals surface area (Å²) in [7, 11) is 1.29. The van der Waals surface area contributed by atoms with E-state index < -0.39 is 5.97 Å². The fourth-order valence-corrected chi connectivity index (χ4v) is 1.92. The van der Waals surface area contributed by atoms with Crippen LogP contribution in [0.25, 0.3) is 0 Å². The Morgan fingerprint density at radius 3 is 2.62 bits per heavy atom. The summed E-state index contributed by atoms with van der Waals surface area (Å²) in [5.41, 5.74) is 6.34. The van der Waals surface area contributed by atoms with Gasteiger partial charge in [-0.15, -0.1) is 0 Å². The number of pyridine rings is 1. The number of nitrogen functional groups attached to an aromatic ring is 1. The van der Waals surface area contributed by atoms with Gasteiger partial charge in [-0.05, 0) is 19.9 Å². The minimum absolute atomic E-state index is 0.0650. The van der Waals surface area contributed by atoms with Crippen molar-refractivity contribution >= 4 is 23.4 Å². The zero-order chi connectivity index (χ0) is 15.8. The topological polar surface area (TPSA) is 97.5 Å². The van der Waals surface area contributed by atoms with Crippen molar-refractivity contribution in [3.05, 3.63) is 17.8 Å². The van der Waals surface area contributed by atoms with Crippen molar-refractivity contribution in [2.45, 2.75) is 20.3 Å². The second kappa shape index (κ2) is 8.08. The summed E-state index contributed by atoms with van der Waals surface area (Å²) in [6.45, 7) is 5.65. The largest absolute Gasteiger partial charge is 0.465 e. The van der Waals surface area contributed by atoms with E-state index in [0.717, 1.165) is 0 Å². The Balaban J connectivity index is 2.64. The van der Waals surface area contributed by atoms with Crippen molar-refractivity contribution in [2.24, 2.45) is 0 Å². The lowest BCUT2D eigenvalue weighted by atomic mass is 10.2. The standard InChI is InChI=1S/C14H22N4O3/c1-4-18(5-2)11(19)7-9-17-13-12(15)10(6-8-16-13)14(20)21-3/h6,8H,4-5,7,9,15H2,1-3H3,(H,16,17). The number of carbonyl (C=O) groups excluding carboxylic acids is 2. The summed E-state index contributed by atoms with van der Waals surface area (Å²) in [6, 6.07) is 1.49. The number of ether oxygens (including phenoxy) is 1. The Morgan fingerprint density at radius 2 is 2.05 bits per heavy atom. The summed E-state index contributed by atoms with van der Waals surface area (Å²) in [5, 5.41) is 2.97. The average molecular weight is 294 g/mol. The molecule has 21 heavy (non-hydrogen) atoms. The molecule has 0 bridgehead atoms. The first kappa shape index (κ1) is 16.7. The lowest BCUT2D eigenvalue weighted by Gasteiger charge is -2.18. The first-order valence-electron chi connectivity index (χ1n) is 6.89. The quantitative estimate of drug-likeness (QED) is 0.731. The van der Waals surface area contributed by atoms with E-state index in [1.165, 1.54) is 19.4 Å². The van der Waals surface area contributed by atoms with Gasteiger partial charge in [0, 0.05) is 32.3 Å². The molecule has 1 rings (SSSR count). The maximum Gasteiger partial charge on any atom is 0.340 e. The molecule has 0 saturated carbocycles. The lowest BCUT2D eigenvalue weighted by Crippen LogP contribution is -2.31. The van der Waals surface area contributed by atoms with E-state index in [2.05, 4.69) is 15.0 Å². The van der Waals surface area contributed by atoms with Crippen LogP contribution < -0.4 is 11.1 Å². The van der Waals surface area contributed by atoms with Crippen LogP contribution in [-0.2, 0) is 9.53 Å². The van der Waals surface area contributed by atoms with E-state index in [-0.39, 0.29) is 17.2 Å². The number of hydrogen-bond acceptors (Lipinski definition) is 6. The van der Waals surface area contributed by atoms with E-state index in [9.17, 15) is 9.59 Å². The van der Waals surface area contributed by atoms with Crippen molar-refractivity contribution in [2.75, 3.05) is 37.8 Å². The van der Waals surface area contributed by atoms with Gasteiger partial charge >= 0.3 is 5.97 Å². The van der Waals surface area contributed by atoms with Crippen LogP contribution >= 0.6 is 0 Å². The first-order valence-corrected chi connectivity index (χ1v) is 6.89. The molecule has 7 heteroatoms. The highest BCUT2D eigenvalue weighted by Crippen LogP contribution is 2.20. The maximum atomic E-state index is 11.9. The van der Waals surface area contributed by atoms with Gasteiger partial charge in [0.25, 0.3) is 0 Å². The predicted molar refractivity (Wildman–Crippen MR) is 81.0 cm³/mol. The fraction of sp³-hybridized carbons (Fsp3) is 0.500. The molecule has 1 aromatic rings. The maximum absolute atomic E-state index is 11.9. The van der Waals surface area contributed by atoms with Gasteiger partial charge in [0.15, 0.2) is 0 Å². The summed E-state index contributed by atoms with van der Waals surface area (Å²) in [5.74, 6) is -0.0717. The molecule has 0 saturated heterocycles. The van der Waals surface area contributed by atoms with Crippen molar-refractivity contribution in [3.8, 4) is 0 Å². The SMILES string of the molecule is CCN(CC)C(=O)CCNc1nccc(C(=O)OC)c1N. The Kier molecular flexibility index (Phi) is 6.45. The van der Waals surface area contributed by atoms with Crippen LogP contribution in [0.4, 0.5) is 11.5 Å². The van der Waals surface area contributed by atoms with Crippen LogP contribution in [0.1, 0.15) is 30.6 Å². The van der Waals surface area contributed by atoms with E-state index in [0.29, 0.717) is 31.9 Å². The smallest absolute Gasteiger partial charge is 0.340 e. The predicted octanol–water partition coefficient (Wildman–Crippen LogP) is 1.12. The third-order valence-electron chi connectivity index (χ3n) is 3.14. The molecule has 116 valence electrons. The molecule has 7 nitrogen and oxygen atoms in total. The number of anilines is 2. The minimum Gasteiger partial charge on any atom is -0.465 e. The number of esters is 1. The number of methoxy groups -OCH3 is 1. The molecular weight excluding hydrogens is 272 g/mol. The normalized spacial score (nSPS) is 10.0. The molecule has 1 aromatic heterocycles. The van der Waals surface area contributed by atoms with Crippen molar-refractivity contribution in [3.63, 3.8) is 0 Å². The molecule has 1 amide bonds. The summed E-state index contributed by atoms with van der Waals surface area (Å²) >= 11 is 0. The number of carbonyl (C=O) groups is 2. The molecule has 0 aromatic carbocycles. The highest BCUT2D eigenvalue weighted by Gasteiger charge is 2.14. The molecule has 0 spiro atoms. The highest BCUT2D eigenvalue weighted by molar-refractivity contribution is 5.97. The highest BCUT2D eigenvalue weighted by atomic mass is 16.5. The molecule has 0 unspecified atom stereocenters. The van der Waals surface area contributed by atoms with Gasteiger partial charge in [0.2, 0.25) is 5.91 Å². The number of amides is 1. The summed E-state index contributed by atoms with van der Waals surface area (Å²) in [6.07, 6.45) is 1.81. The van der Waals surface area contributed by atoms with E-state index >= 15 is 0 Å². The second-order valence-electron chi connectivity index (χ2n) is 4.36. The Bertz CT molecular complexity index is 501. The van der Waals surface area contributed by atoms with Crippen LogP contribution in [0.5, 0.6) is 0 Å². The first-order chi connectivity index (χ1) is 10.0. The van der Waals surface area contributed by atoms with Crippen LogP contribution in [0, 0.1) is 0 Å². The van der Waals surface area contributed by atoms with Crippen molar-refractivity contribution in [1.29, 1.82) is 0 Å². The summed E-state index contributed by atoms with van der Waals surface area (Å²) < 4.78 is 4.64. The molecule has 0 aliphatic carbocycles. The molecule has 0 aliphatic heterocycles. The lowest BCUT2D eigenvalue weighted by molar-refractivity contribution is -0.130. The monoisotopic (exact) mass is 294 g/mol. The Hall–Kier alpha value is -2.31. The fourth-order valence-electron chi connectivity index (χ4n) is 1.92. The van der Waals surface area contributed by atoms with Crippen LogP contribution in [-0.4, -0.2) is 48.5 Å². The van der Waals surface area contributed by atoms with Crippen molar-refractivity contribution < 1.29 is 14.3 Å². The second-order valence-corrected chi connectivity index (χ2v) is 4.36. The number of nitrogens with zero attached hydrogens (tertiary/aromatic N) is 2. The third-order valence-corrected chi connectivity index (χ3v) is 3.14. The minimum atomic E-state index is -0.517. The number of nitrogens with two attached hydrogens (primary N) is 1. The Morgan fingerprint density at radius 1 is 1.38 bits per heavy atom. The van der Waals surface area contributed by atoms with Crippen molar-refractivity contribution in [1.82, 2.24) is 9.88 Å². The van der Waals surface area contributed by atoms with Crippen LogP contribution in [0.2, 0.25) is 0 Å². The molecule has 1 heterocycles. The third kappa shape index (κ3) is 4.34. The van der Waals surface area contributed by atoms with Gasteiger partial charge in [-0.25, -0.2) is 9.78 Å². The molecule has 0 fully saturated rings. The van der Waals surface area contributed by atoms with Gasteiger partial charge < -0.3 is 20.7 Å². The van der Waals surface area contributed by atoms with Gasteiger partial charge in [0.05, 0.1) is 18.4 Å². The molecule has 0 aliphatic rings. The Labute approximate surface area is 124 Å². The zero-order valence-electron chi connectivity index (χ0n) is 12.7. The van der Waals surface area contributed by atoms with E-state index in [1.807, 2.05) is 13.8 Å². The molecule has 0 radical (unpaired) electrons.